The van der Waals surface area contributed by atoms with Crippen molar-refractivity contribution in [2.75, 3.05) is 20.8 Å². The number of fused-ring (bicyclic) bond motifs is 1. The van der Waals surface area contributed by atoms with Crippen LogP contribution in [0.15, 0.2) is 12.1 Å². The van der Waals surface area contributed by atoms with Gasteiger partial charge in [0, 0.05) is 6.04 Å². The molecular weight excluding hydrogens is 262 g/mol. The first kappa shape index (κ1) is 16.2. The number of nitrogens with one attached hydrogen (secondary N) is 1. The Labute approximate surface area is 129 Å². The van der Waals surface area contributed by atoms with Crippen molar-refractivity contribution in [3.63, 3.8) is 0 Å². The summed E-state index contributed by atoms with van der Waals surface area (Å²) in [5, 5.41) is 3.66. The maximum Gasteiger partial charge on any atom is 0.161 e. The zero-order chi connectivity index (χ0) is 15.1. The van der Waals surface area contributed by atoms with Gasteiger partial charge in [-0.05, 0) is 42.6 Å². The third-order valence-electron chi connectivity index (χ3n) is 4.40. The quantitative estimate of drug-likeness (QED) is 0.726. The summed E-state index contributed by atoms with van der Waals surface area (Å²) in [6.45, 7) is 3.32. The highest BCUT2D eigenvalue weighted by Crippen LogP contribution is 2.36. The van der Waals surface area contributed by atoms with Crippen molar-refractivity contribution in [2.24, 2.45) is 0 Å². The lowest BCUT2D eigenvalue weighted by Gasteiger charge is -2.28. The molecule has 1 aliphatic rings. The number of benzene rings is 1. The SMILES string of the molecule is CCCCCCCC1NCCc2cc(OC)c(OC)cc21. The summed E-state index contributed by atoms with van der Waals surface area (Å²) >= 11 is 0. The third-order valence-corrected chi connectivity index (χ3v) is 4.40. The van der Waals surface area contributed by atoms with Crippen molar-refractivity contribution < 1.29 is 9.47 Å². The molecule has 2 rings (SSSR count). The second-order valence-electron chi connectivity index (χ2n) is 5.87. The normalized spacial score (nSPS) is 17.4. The van der Waals surface area contributed by atoms with E-state index in [9.17, 15) is 0 Å². The Kier molecular flexibility index (Phi) is 6.37. The Hall–Kier alpha value is -1.22. The molecule has 0 radical (unpaired) electrons. The first-order valence-electron chi connectivity index (χ1n) is 8.28. The van der Waals surface area contributed by atoms with Crippen LogP contribution in [0.2, 0.25) is 0 Å². The van der Waals surface area contributed by atoms with Gasteiger partial charge in [0.25, 0.3) is 0 Å². The maximum atomic E-state index is 5.46. The van der Waals surface area contributed by atoms with Crippen molar-refractivity contribution >= 4 is 0 Å². The summed E-state index contributed by atoms with van der Waals surface area (Å²) in [4.78, 5) is 0. The molecule has 1 unspecified atom stereocenters. The molecule has 0 spiro atoms. The lowest BCUT2D eigenvalue weighted by Crippen LogP contribution is -2.29. The van der Waals surface area contributed by atoms with Crippen molar-refractivity contribution in [3.05, 3.63) is 23.3 Å². The van der Waals surface area contributed by atoms with Crippen molar-refractivity contribution in [2.45, 2.75) is 57.9 Å². The Bertz CT molecular complexity index is 445. The molecule has 0 aliphatic carbocycles. The van der Waals surface area contributed by atoms with E-state index < -0.39 is 0 Å². The topological polar surface area (TPSA) is 30.5 Å². The molecule has 1 aromatic rings. The molecule has 118 valence electrons. The van der Waals surface area contributed by atoms with Gasteiger partial charge in [0.15, 0.2) is 11.5 Å². The summed E-state index contributed by atoms with van der Waals surface area (Å²) in [5.74, 6) is 1.69. The molecule has 21 heavy (non-hydrogen) atoms. The zero-order valence-electron chi connectivity index (χ0n) is 13.7. The molecule has 1 aromatic carbocycles. The van der Waals surface area contributed by atoms with E-state index in [0.29, 0.717) is 6.04 Å². The van der Waals surface area contributed by atoms with Crippen LogP contribution in [0.3, 0.4) is 0 Å². The summed E-state index contributed by atoms with van der Waals surface area (Å²) in [6, 6.07) is 4.78. The molecular formula is C18H29NO2. The summed E-state index contributed by atoms with van der Waals surface area (Å²) < 4.78 is 10.9. The predicted molar refractivity (Wildman–Crippen MR) is 87.4 cm³/mol. The van der Waals surface area contributed by atoms with Crippen molar-refractivity contribution in [1.29, 1.82) is 0 Å². The van der Waals surface area contributed by atoms with E-state index in [-0.39, 0.29) is 0 Å². The van der Waals surface area contributed by atoms with E-state index in [0.717, 1.165) is 24.5 Å². The second kappa shape index (κ2) is 8.28. The van der Waals surface area contributed by atoms with Gasteiger partial charge in [-0.25, -0.2) is 0 Å². The minimum Gasteiger partial charge on any atom is -0.493 e. The number of rotatable bonds is 8. The largest absolute Gasteiger partial charge is 0.493 e. The number of unbranched alkanes of at least 4 members (excludes halogenated alkanes) is 4. The monoisotopic (exact) mass is 291 g/mol. The Morgan fingerprint density at radius 2 is 1.76 bits per heavy atom. The van der Waals surface area contributed by atoms with Gasteiger partial charge >= 0.3 is 0 Å². The van der Waals surface area contributed by atoms with Crippen molar-refractivity contribution in [3.8, 4) is 11.5 Å². The van der Waals surface area contributed by atoms with E-state index in [2.05, 4.69) is 24.4 Å². The first-order valence-corrected chi connectivity index (χ1v) is 8.28. The van der Waals surface area contributed by atoms with Crippen LogP contribution in [0.4, 0.5) is 0 Å². The van der Waals surface area contributed by atoms with E-state index >= 15 is 0 Å². The van der Waals surface area contributed by atoms with Gasteiger partial charge in [0.1, 0.15) is 0 Å². The summed E-state index contributed by atoms with van der Waals surface area (Å²) in [7, 11) is 3.41. The predicted octanol–water partition coefficient (Wildman–Crippen LogP) is 4.25. The highest BCUT2D eigenvalue weighted by atomic mass is 16.5. The van der Waals surface area contributed by atoms with Crippen LogP contribution in [0.5, 0.6) is 11.5 Å². The molecule has 0 amide bonds. The Morgan fingerprint density at radius 1 is 1.05 bits per heavy atom. The Morgan fingerprint density at radius 3 is 2.48 bits per heavy atom. The number of hydrogen-bond donors (Lipinski definition) is 1. The number of methoxy groups -OCH3 is 2. The molecule has 1 N–H and O–H groups in total. The summed E-state index contributed by atoms with van der Waals surface area (Å²) in [5.41, 5.74) is 2.80. The van der Waals surface area contributed by atoms with Gasteiger partial charge in [0.05, 0.1) is 14.2 Å². The molecule has 0 bridgehead atoms. The molecule has 1 heterocycles. The van der Waals surface area contributed by atoms with Crippen LogP contribution >= 0.6 is 0 Å². The van der Waals surface area contributed by atoms with Crippen molar-refractivity contribution in [1.82, 2.24) is 5.32 Å². The fourth-order valence-electron chi connectivity index (χ4n) is 3.18. The molecule has 0 aromatic heterocycles. The van der Waals surface area contributed by atoms with Gasteiger partial charge in [0.2, 0.25) is 0 Å². The molecule has 0 fully saturated rings. The van der Waals surface area contributed by atoms with E-state index in [4.69, 9.17) is 9.47 Å². The molecule has 0 saturated heterocycles. The number of ether oxygens (including phenoxy) is 2. The zero-order valence-corrected chi connectivity index (χ0v) is 13.7. The molecule has 3 heteroatoms. The van der Waals surface area contributed by atoms with Gasteiger partial charge in [-0.1, -0.05) is 39.0 Å². The number of hydrogen-bond acceptors (Lipinski definition) is 3. The standard InChI is InChI=1S/C18H29NO2/c1-4-5-6-7-8-9-16-15-13-18(21-3)17(20-2)12-14(15)10-11-19-16/h12-13,16,19H,4-11H2,1-3H3. The average Bonchev–Trinajstić information content (AvgIpc) is 2.53. The fourth-order valence-corrected chi connectivity index (χ4v) is 3.18. The first-order chi connectivity index (χ1) is 10.3. The maximum absolute atomic E-state index is 5.46. The van der Waals surface area contributed by atoms with Crippen LogP contribution in [-0.2, 0) is 6.42 Å². The lowest BCUT2D eigenvalue weighted by molar-refractivity contribution is 0.351. The molecule has 1 atom stereocenters. The molecule has 1 aliphatic heterocycles. The van der Waals surface area contributed by atoms with Gasteiger partial charge < -0.3 is 14.8 Å². The van der Waals surface area contributed by atoms with E-state index in [1.165, 1.54) is 49.7 Å². The van der Waals surface area contributed by atoms with E-state index in [1.807, 2.05) is 0 Å². The van der Waals surface area contributed by atoms with Crippen LogP contribution in [-0.4, -0.2) is 20.8 Å². The van der Waals surface area contributed by atoms with Gasteiger partial charge in [-0.2, -0.15) is 0 Å². The second-order valence-corrected chi connectivity index (χ2v) is 5.87. The summed E-state index contributed by atoms with van der Waals surface area (Å²) in [6.07, 6.45) is 8.96. The highest BCUT2D eigenvalue weighted by Gasteiger charge is 2.22. The molecule has 3 nitrogen and oxygen atoms in total. The van der Waals surface area contributed by atoms with Gasteiger partial charge in [-0.15, -0.1) is 0 Å². The average molecular weight is 291 g/mol. The van der Waals surface area contributed by atoms with Crippen LogP contribution < -0.4 is 14.8 Å². The smallest absolute Gasteiger partial charge is 0.161 e. The molecule has 0 saturated carbocycles. The minimum atomic E-state index is 0.468. The fraction of sp³-hybridized carbons (Fsp3) is 0.667. The minimum absolute atomic E-state index is 0.468. The van der Waals surface area contributed by atoms with Crippen LogP contribution in [0.1, 0.15) is 62.6 Å². The van der Waals surface area contributed by atoms with E-state index in [1.54, 1.807) is 14.2 Å². The lowest BCUT2D eigenvalue weighted by atomic mass is 9.90. The van der Waals surface area contributed by atoms with Gasteiger partial charge in [-0.3, -0.25) is 0 Å². The van der Waals surface area contributed by atoms with Crippen LogP contribution in [0, 0.1) is 0 Å². The van der Waals surface area contributed by atoms with Crippen LogP contribution in [0.25, 0.3) is 0 Å². The highest BCUT2D eigenvalue weighted by molar-refractivity contribution is 5.49. The Balaban J connectivity index is 2.04. The third kappa shape index (κ3) is 4.13.